The maximum Gasteiger partial charge on any atom is 0.242 e. The van der Waals surface area contributed by atoms with E-state index in [1.165, 1.54) is 17.3 Å². The molecule has 33 heavy (non-hydrogen) atoms. The normalized spacial score (nSPS) is 17.5. The summed E-state index contributed by atoms with van der Waals surface area (Å²) in [4.78, 5) is 8.84. The van der Waals surface area contributed by atoms with Crippen LogP contribution in [-0.2, 0) is 19.2 Å². The molecule has 0 bridgehead atoms. The Bertz CT molecular complexity index is 1150. The van der Waals surface area contributed by atoms with Crippen molar-refractivity contribution in [2.24, 2.45) is 5.92 Å². The number of hydrogen-bond acceptors (Lipinski definition) is 5. The molecule has 0 saturated carbocycles. The van der Waals surface area contributed by atoms with E-state index in [0.717, 1.165) is 28.7 Å². The molecule has 1 aliphatic rings. The van der Waals surface area contributed by atoms with Gasteiger partial charge in [0.1, 0.15) is 5.82 Å². The molecular formula is C25H30B2FN3OS. The third-order valence-electron chi connectivity index (χ3n) is 7.02. The van der Waals surface area contributed by atoms with Crippen LogP contribution in [0.4, 0.5) is 10.1 Å². The number of benzene rings is 2. The van der Waals surface area contributed by atoms with Gasteiger partial charge in [-0.3, -0.25) is 0 Å². The van der Waals surface area contributed by atoms with Gasteiger partial charge in [-0.15, -0.1) is 0 Å². The van der Waals surface area contributed by atoms with Gasteiger partial charge < -0.3 is 9.83 Å². The Morgan fingerprint density at radius 1 is 1.18 bits per heavy atom. The summed E-state index contributed by atoms with van der Waals surface area (Å²) in [5.41, 5.74) is 5.25. The molecule has 0 saturated heterocycles. The monoisotopic (exact) mass is 461 g/mol. The summed E-state index contributed by atoms with van der Waals surface area (Å²) in [5, 5.41) is 11.0. The SMILES string of the molecule is BN(B(C)Cc1ccccc1)c1ccc(C)c(C2Cc3nc(SC)nc(O)c3CC2C)c1F. The lowest BCUT2D eigenvalue weighted by atomic mass is 9.56. The van der Waals surface area contributed by atoms with Crippen LogP contribution in [0.25, 0.3) is 0 Å². The summed E-state index contributed by atoms with van der Waals surface area (Å²) < 4.78 is 18.2. The van der Waals surface area contributed by atoms with E-state index in [9.17, 15) is 5.11 Å². The Labute approximate surface area is 201 Å². The highest BCUT2D eigenvalue weighted by atomic mass is 32.2. The van der Waals surface area contributed by atoms with Gasteiger partial charge in [0, 0.05) is 11.3 Å². The number of aryl methyl sites for hydroxylation is 1. The average Bonchev–Trinajstić information content (AvgIpc) is 2.80. The minimum Gasteiger partial charge on any atom is -0.493 e. The number of aromatic nitrogens is 2. The quantitative estimate of drug-likeness (QED) is 0.330. The summed E-state index contributed by atoms with van der Waals surface area (Å²) in [6, 6.07) is 14.3. The van der Waals surface area contributed by atoms with E-state index >= 15 is 4.39 Å². The molecule has 1 aliphatic carbocycles. The minimum absolute atomic E-state index is 0.000661. The van der Waals surface area contributed by atoms with E-state index in [0.29, 0.717) is 23.7 Å². The first-order chi connectivity index (χ1) is 15.8. The Balaban J connectivity index is 1.66. The number of anilines is 1. The molecule has 0 fully saturated rings. The highest BCUT2D eigenvalue weighted by Crippen LogP contribution is 2.42. The lowest BCUT2D eigenvalue weighted by Gasteiger charge is -2.34. The Morgan fingerprint density at radius 3 is 2.61 bits per heavy atom. The molecule has 0 aliphatic heterocycles. The van der Waals surface area contributed by atoms with Crippen molar-refractivity contribution in [1.82, 2.24) is 9.97 Å². The van der Waals surface area contributed by atoms with Gasteiger partial charge in [0.15, 0.2) is 5.16 Å². The van der Waals surface area contributed by atoms with Crippen LogP contribution >= 0.6 is 11.8 Å². The number of rotatable bonds is 6. The highest BCUT2D eigenvalue weighted by Gasteiger charge is 2.34. The van der Waals surface area contributed by atoms with Crippen molar-refractivity contribution in [1.29, 1.82) is 0 Å². The third kappa shape index (κ3) is 4.77. The third-order valence-corrected chi connectivity index (χ3v) is 7.57. The number of halogens is 1. The van der Waals surface area contributed by atoms with Gasteiger partial charge in [-0.25, -0.2) is 9.37 Å². The van der Waals surface area contributed by atoms with E-state index in [1.807, 2.05) is 56.2 Å². The standard InChI is InChI=1S/C25H30B2FN3OS/c1-15-10-11-21(31(26)27(3)14-17-8-6-5-7-9-17)23(28)22(15)18-13-20-19(12-16(18)2)24(32)30-25(29-20)33-4/h5-11,16,18H,12-14,26H2,1-4H3,(H,29,30,32). The van der Waals surface area contributed by atoms with Gasteiger partial charge in [0.25, 0.3) is 0 Å². The van der Waals surface area contributed by atoms with E-state index < -0.39 is 0 Å². The molecule has 2 atom stereocenters. The zero-order valence-electron chi connectivity index (χ0n) is 20.0. The van der Waals surface area contributed by atoms with Crippen molar-refractivity contribution < 1.29 is 9.50 Å². The molecule has 0 spiro atoms. The second-order valence-electron chi connectivity index (χ2n) is 9.23. The predicted molar refractivity (Wildman–Crippen MR) is 139 cm³/mol. The first kappa shape index (κ1) is 23.7. The lowest BCUT2D eigenvalue weighted by molar-refractivity contribution is 0.375. The smallest absolute Gasteiger partial charge is 0.242 e. The minimum atomic E-state index is -0.138. The zero-order chi connectivity index (χ0) is 23.7. The van der Waals surface area contributed by atoms with Gasteiger partial charge in [-0.1, -0.05) is 67.5 Å². The second kappa shape index (κ2) is 9.80. The van der Waals surface area contributed by atoms with Crippen LogP contribution in [0.2, 0.25) is 6.82 Å². The van der Waals surface area contributed by atoms with E-state index in [-0.39, 0.29) is 30.4 Å². The largest absolute Gasteiger partial charge is 0.493 e. The first-order valence-corrected chi connectivity index (χ1v) is 12.7. The fraction of sp³-hybridized carbons (Fsp3) is 0.360. The number of thioether (sulfide) groups is 1. The summed E-state index contributed by atoms with van der Waals surface area (Å²) in [7, 11) is 1.97. The van der Waals surface area contributed by atoms with Gasteiger partial charge in [-0.05, 0) is 61.4 Å². The van der Waals surface area contributed by atoms with Crippen LogP contribution in [0.15, 0.2) is 47.6 Å². The summed E-state index contributed by atoms with van der Waals surface area (Å²) in [5.74, 6) is 0.0954. The molecule has 1 N–H and O–H groups in total. The fourth-order valence-electron chi connectivity index (χ4n) is 4.96. The van der Waals surface area contributed by atoms with Gasteiger partial charge in [0.05, 0.1) is 5.69 Å². The topological polar surface area (TPSA) is 49.2 Å². The maximum absolute atomic E-state index is 16.1. The molecule has 8 heteroatoms. The molecule has 1 heterocycles. The lowest BCUT2D eigenvalue weighted by Crippen LogP contribution is -2.38. The van der Waals surface area contributed by atoms with Crippen LogP contribution in [0, 0.1) is 18.7 Å². The van der Waals surface area contributed by atoms with Crippen molar-refractivity contribution in [3.63, 3.8) is 0 Å². The highest BCUT2D eigenvalue weighted by molar-refractivity contribution is 7.98. The molecule has 1 aromatic heterocycles. The molecule has 2 aromatic carbocycles. The van der Waals surface area contributed by atoms with E-state index in [1.54, 1.807) is 0 Å². The van der Waals surface area contributed by atoms with Crippen molar-refractivity contribution in [3.05, 3.63) is 76.2 Å². The maximum atomic E-state index is 16.1. The number of hydrogen-bond donors (Lipinski definition) is 1. The van der Waals surface area contributed by atoms with Crippen LogP contribution < -0.4 is 4.72 Å². The predicted octanol–water partition coefficient (Wildman–Crippen LogP) is 4.63. The average molecular weight is 461 g/mol. The van der Waals surface area contributed by atoms with Crippen LogP contribution in [0.5, 0.6) is 5.88 Å². The molecule has 3 aromatic rings. The van der Waals surface area contributed by atoms with Crippen LogP contribution in [-0.4, -0.2) is 36.2 Å². The molecule has 170 valence electrons. The van der Waals surface area contributed by atoms with Gasteiger partial charge in [-0.2, -0.15) is 4.98 Å². The van der Waals surface area contributed by atoms with Crippen molar-refractivity contribution in [3.8, 4) is 5.88 Å². The second-order valence-corrected chi connectivity index (χ2v) is 10.0. The first-order valence-electron chi connectivity index (χ1n) is 11.5. The summed E-state index contributed by atoms with van der Waals surface area (Å²) in [6.07, 6.45) is 3.99. The van der Waals surface area contributed by atoms with Gasteiger partial charge >= 0.3 is 0 Å². The van der Waals surface area contributed by atoms with E-state index in [4.69, 9.17) is 0 Å². The number of nitrogens with zero attached hydrogens (tertiary/aromatic N) is 3. The van der Waals surface area contributed by atoms with Crippen molar-refractivity contribution >= 4 is 32.3 Å². The van der Waals surface area contributed by atoms with Crippen molar-refractivity contribution in [2.45, 2.75) is 50.9 Å². The van der Waals surface area contributed by atoms with Crippen molar-refractivity contribution in [2.75, 3.05) is 11.0 Å². The Morgan fingerprint density at radius 2 is 1.91 bits per heavy atom. The molecular weight excluding hydrogens is 431 g/mol. The molecule has 4 nitrogen and oxygen atoms in total. The number of fused-ring (bicyclic) bond motifs is 1. The fourth-order valence-corrected chi connectivity index (χ4v) is 5.34. The van der Waals surface area contributed by atoms with E-state index in [2.05, 4.69) is 35.8 Å². The Kier molecular flexibility index (Phi) is 7.03. The summed E-state index contributed by atoms with van der Waals surface area (Å²) >= 11 is 1.41. The Hall–Kier alpha value is -2.47. The molecule has 0 amide bonds. The van der Waals surface area contributed by atoms with Gasteiger partial charge in [0.2, 0.25) is 20.7 Å². The molecule has 2 unspecified atom stereocenters. The summed E-state index contributed by atoms with van der Waals surface area (Å²) in [6.45, 7) is 6.40. The molecule has 0 radical (unpaired) electrons. The zero-order valence-corrected chi connectivity index (χ0v) is 20.8. The molecule has 4 rings (SSSR count). The van der Waals surface area contributed by atoms with Crippen LogP contribution in [0.3, 0.4) is 0 Å². The number of aromatic hydroxyl groups is 1. The van der Waals surface area contributed by atoms with Crippen LogP contribution in [0.1, 0.15) is 40.8 Å².